The number of pyridine rings is 1. The van der Waals surface area contributed by atoms with Gasteiger partial charge in [0.25, 0.3) is 0 Å². The van der Waals surface area contributed by atoms with Gasteiger partial charge >= 0.3 is 0 Å². The van der Waals surface area contributed by atoms with Gasteiger partial charge in [-0.1, -0.05) is 6.92 Å². The molecule has 2 heterocycles. The van der Waals surface area contributed by atoms with Gasteiger partial charge in [0.2, 0.25) is 10.0 Å². The van der Waals surface area contributed by atoms with Crippen LogP contribution < -0.4 is 4.72 Å². The molecule has 0 saturated heterocycles. The van der Waals surface area contributed by atoms with Crippen molar-refractivity contribution < 1.29 is 8.42 Å². The molecule has 0 aromatic carbocycles. The summed E-state index contributed by atoms with van der Waals surface area (Å²) in [5.41, 5.74) is 0.954. The zero-order valence-electron chi connectivity index (χ0n) is 8.79. The maximum Gasteiger partial charge on any atom is 0.232 e. The van der Waals surface area contributed by atoms with Crippen molar-refractivity contribution in [3.8, 4) is 0 Å². The Labute approximate surface area is 93.4 Å². The molecule has 0 atom stereocenters. The largest absolute Gasteiger partial charge is 0.280 e. The zero-order chi connectivity index (χ0) is 11.6. The molecular weight excluding hydrogens is 228 g/mol. The summed E-state index contributed by atoms with van der Waals surface area (Å²) in [4.78, 5) is 3.99. The molecule has 16 heavy (non-hydrogen) atoms. The third kappa shape index (κ3) is 2.13. The van der Waals surface area contributed by atoms with Crippen LogP contribution in [-0.4, -0.2) is 28.8 Å². The Morgan fingerprint density at radius 2 is 2.31 bits per heavy atom. The molecule has 1 N–H and O–H groups in total. The molecule has 0 unspecified atom stereocenters. The van der Waals surface area contributed by atoms with Gasteiger partial charge in [0, 0.05) is 6.20 Å². The average Bonchev–Trinajstić information content (AvgIpc) is 2.65. The molecule has 2 rings (SSSR count). The number of fused-ring (bicyclic) bond motifs is 1. The van der Waals surface area contributed by atoms with E-state index in [1.54, 1.807) is 18.3 Å². The smallest absolute Gasteiger partial charge is 0.232 e. The predicted molar refractivity (Wildman–Crippen MR) is 60.7 cm³/mol. The minimum Gasteiger partial charge on any atom is -0.280 e. The Kier molecular flexibility index (Phi) is 2.78. The lowest BCUT2D eigenvalue weighted by Crippen LogP contribution is -2.16. The van der Waals surface area contributed by atoms with Crippen molar-refractivity contribution in [2.45, 2.75) is 13.3 Å². The van der Waals surface area contributed by atoms with Crippen molar-refractivity contribution in [2.24, 2.45) is 0 Å². The number of anilines is 1. The zero-order valence-corrected chi connectivity index (χ0v) is 9.61. The second-order valence-electron chi connectivity index (χ2n) is 3.37. The number of aromatic nitrogens is 3. The Morgan fingerprint density at radius 3 is 3.06 bits per heavy atom. The van der Waals surface area contributed by atoms with E-state index in [4.69, 9.17) is 0 Å². The predicted octanol–water partition coefficient (Wildman–Crippen LogP) is 0.881. The quantitative estimate of drug-likeness (QED) is 0.860. The van der Waals surface area contributed by atoms with Crippen molar-refractivity contribution in [3.05, 3.63) is 24.7 Å². The standard InChI is InChI=1S/C9H12N4O2S/c1-2-6-16(14,15)12-8-4-3-5-13-9(8)10-7-11-13/h3-5,7,12H,2,6H2,1H3. The molecule has 0 aliphatic rings. The fourth-order valence-corrected chi connectivity index (χ4v) is 2.55. The first-order valence-electron chi connectivity index (χ1n) is 4.91. The molecule has 0 radical (unpaired) electrons. The third-order valence-corrected chi connectivity index (χ3v) is 3.52. The molecule has 7 heteroatoms. The molecule has 0 aliphatic carbocycles. The molecule has 86 valence electrons. The Bertz CT molecular complexity index is 590. The first-order chi connectivity index (χ1) is 7.62. The lowest BCUT2D eigenvalue weighted by atomic mass is 10.4. The van der Waals surface area contributed by atoms with E-state index < -0.39 is 10.0 Å². The lowest BCUT2D eigenvalue weighted by molar-refractivity contribution is 0.600. The lowest BCUT2D eigenvalue weighted by Gasteiger charge is -2.07. The van der Waals surface area contributed by atoms with Crippen molar-refractivity contribution in [2.75, 3.05) is 10.5 Å². The third-order valence-electron chi connectivity index (χ3n) is 2.04. The number of nitrogens with one attached hydrogen (secondary N) is 1. The highest BCUT2D eigenvalue weighted by Gasteiger charge is 2.11. The van der Waals surface area contributed by atoms with Gasteiger partial charge in [0.05, 0.1) is 11.4 Å². The fraction of sp³-hybridized carbons (Fsp3) is 0.333. The summed E-state index contributed by atoms with van der Waals surface area (Å²) >= 11 is 0. The van der Waals surface area contributed by atoms with E-state index in [-0.39, 0.29) is 5.75 Å². The van der Waals surface area contributed by atoms with E-state index in [0.717, 1.165) is 0 Å². The van der Waals surface area contributed by atoms with Gasteiger partial charge in [-0.05, 0) is 18.6 Å². The van der Waals surface area contributed by atoms with E-state index in [2.05, 4.69) is 14.8 Å². The molecule has 0 fully saturated rings. The van der Waals surface area contributed by atoms with Crippen LogP contribution in [0.25, 0.3) is 5.65 Å². The van der Waals surface area contributed by atoms with Gasteiger partial charge in [-0.2, -0.15) is 5.10 Å². The van der Waals surface area contributed by atoms with Crippen molar-refractivity contribution in [3.63, 3.8) is 0 Å². The highest BCUT2D eigenvalue weighted by molar-refractivity contribution is 7.92. The summed E-state index contributed by atoms with van der Waals surface area (Å²) in [6.07, 6.45) is 3.66. The summed E-state index contributed by atoms with van der Waals surface area (Å²) < 4.78 is 27.2. The Morgan fingerprint density at radius 1 is 1.50 bits per heavy atom. The maximum absolute atomic E-state index is 11.6. The minimum absolute atomic E-state index is 0.0994. The molecule has 0 saturated carbocycles. The van der Waals surface area contributed by atoms with Crippen LogP contribution in [0.5, 0.6) is 0 Å². The highest BCUT2D eigenvalue weighted by atomic mass is 32.2. The van der Waals surface area contributed by atoms with Gasteiger partial charge in [-0.3, -0.25) is 4.72 Å². The van der Waals surface area contributed by atoms with E-state index >= 15 is 0 Å². The van der Waals surface area contributed by atoms with Gasteiger partial charge in [-0.15, -0.1) is 0 Å². The van der Waals surface area contributed by atoms with E-state index in [9.17, 15) is 8.42 Å². The van der Waals surface area contributed by atoms with Crippen LogP contribution in [0.2, 0.25) is 0 Å². The van der Waals surface area contributed by atoms with E-state index in [1.807, 2.05) is 6.92 Å². The summed E-state index contributed by atoms with van der Waals surface area (Å²) in [6, 6.07) is 3.38. The van der Waals surface area contributed by atoms with Crippen molar-refractivity contribution in [1.82, 2.24) is 14.6 Å². The number of hydrogen-bond acceptors (Lipinski definition) is 4. The monoisotopic (exact) mass is 240 g/mol. The summed E-state index contributed by atoms with van der Waals surface area (Å²) in [7, 11) is -3.29. The van der Waals surface area contributed by atoms with Gasteiger partial charge < -0.3 is 0 Å². The van der Waals surface area contributed by atoms with Crippen molar-refractivity contribution in [1.29, 1.82) is 0 Å². The number of sulfonamides is 1. The molecule has 0 bridgehead atoms. The van der Waals surface area contributed by atoms with Gasteiger partial charge in [0.15, 0.2) is 5.65 Å². The van der Waals surface area contributed by atoms with Crippen LogP contribution >= 0.6 is 0 Å². The van der Waals surface area contributed by atoms with Crippen LogP contribution in [0.15, 0.2) is 24.7 Å². The summed E-state index contributed by atoms with van der Waals surface area (Å²) in [5, 5.41) is 3.93. The van der Waals surface area contributed by atoms with Crippen LogP contribution in [0.1, 0.15) is 13.3 Å². The second kappa shape index (κ2) is 4.09. The average molecular weight is 240 g/mol. The maximum atomic E-state index is 11.6. The van der Waals surface area contributed by atoms with Crippen LogP contribution in [0, 0.1) is 0 Å². The first-order valence-corrected chi connectivity index (χ1v) is 6.56. The molecule has 0 spiro atoms. The van der Waals surface area contributed by atoms with Crippen LogP contribution in [0.3, 0.4) is 0 Å². The van der Waals surface area contributed by atoms with E-state index in [0.29, 0.717) is 17.8 Å². The molecule has 0 aliphatic heterocycles. The van der Waals surface area contributed by atoms with Crippen LogP contribution in [0.4, 0.5) is 5.69 Å². The summed E-state index contributed by atoms with van der Waals surface area (Å²) in [5.74, 6) is 0.0994. The number of nitrogens with zero attached hydrogens (tertiary/aromatic N) is 3. The van der Waals surface area contributed by atoms with Crippen molar-refractivity contribution >= 4 is 21.4 Å². The summed E-state index contributed by atoms with van der Waals surface area (Å²) in [6.45, 7) is 1.82. The van der Waals surface area contributed by atoms with E-state index in [1.165, 1.54) is 10.8 Å². The number of hydrogen-bond donors (Lipinski definition) is 1. The molecule has 0 amide bonds. The van der Waals surface area contributed by atoms with Crippen LogP contribution in [-0.2, 0) is 10.0 Å². The minimum atomic E-state index is -3.29. The molecule has 2 aromatic heterocycles. The number of rotatable bonds is 4. The second-order valence-corrected chi connectivity index (χ2v) is 5.21. The molecule has 2 aromatic rings. The molecule has 6 nitrogen and oxygen atoms in total. The normalized spacial score (nSPS) is 11.8. The fourth-order valence-electron chi connectivity index (χ4n) is 1.41. The first kappa shape index (κ1) is 10.9. The SMILES string of the molecule is CCCS(=O)(=O)Nc1cccn2ncnc12. The Hall–Kier alpha value is -1.63. The highest BCUT2D eigenvalue weighted by Crippen LogP contribution is 2.15. The topological polar surface area (TPSA) is 76.4 Å². The molecular formula is C9H12N4O2S. The van der Waals surface area contributed by atoms with Gasteiger partial charge in [0.1, 0.15) is 6.33 Å². The van der Waals surface area contributed by atoms with Gasteiger partial charge in [-0.25, -0.2) is 17.9 Å². The Balaban J connectivity index is 2.38.